The number of hydrogen-bond donors (Lipinski definition) is 2. The Hall–Kier alpha value is -2.09. The average molecular weight is 233 g/mol. The Kier molecular flexibility index (Phi) is 4.46. The quantitative estimate of drug-likeness (QED) is 0.775. The zero-order valence-corrected chi connectivity index (χ0v) is 10.1. The Bertz CT molecular complexity index is 472. The molecule has 0 unspecified atom stereocenters. The lowest BCUT2D eigenvalue weighted by atomic mass is 10.2. The number of carboxylic acid groups (broad SMARTS) is 1. The van der Waals surface area contributed by atoms with Crippen LogP contribution in [0.25, 0.3) is 0 Å². The number of aromatic nitrogens is 2. The summed E-state index contributed by atoms with van der Waals surface area (Å²) in [4.78, 5) is 19.2. The van der Waals surface area contributed by atoms with Gasteiger partial charge in [0.1, 0.15) is 5.82 Å². The van der Waals surface area contributed by atoms with Crippen molar-refractivity contribution in [2.75, 3.05) is 11.9 Å². The van der Waals surface area contributed by atoms with Gasteiger partial charge in [-0.05, 0) is 6.92 Å². The molecule has 1 aromatic rings. The van der Waals surface area contributed by atoms with Gasteiger partial charge in [0.25, 0.3) is 0 Å². The standard InChI is InChI=1S/C12H15N3O2/c1-4-5-6-13-9-7-14-11(8(2)3)15-10(9)12(16)17/h7-8,13H,6H2,1-3H3,(H,16,17). The van der Waals surface area contributed by atoms with Gasteiger partial charge < -0.3 is 10.4 Å². The largest absolute Gasteiger partial charge is 0.476 e. The van der Waals surface area contributed by atoms with Gasteiger partial charge in [-0.1, -0.05) is 19.8 Å². The number of aromatic carboxylic acids is 1. The minimum Gasteiger partial charge on any atom is -0.476 e. The second kappa shape index (κ2) is 5.85. The van der Waals surface area contributed by atoms with Crippen molar-refractivity contribution in [2.24, 2.45) is 0 Å². The van der Waals surface area contributed by atoms with E-state index in [4.69, 9.17) is 5.11 Å². The summed E-state index contributed by atoms with van der Waals surface area (Å²) in [5, 5.41) is 11.9. The normalized spacial score (nSPS) is 9.65. The molecule has 0 aliphatic heterocycles. The highest BCUT2D eigenvalue weighted by Crippen LogP contribution is 2.15. The lowest BCUT2D eigenvalue weighted by Gasteiger charge is -2.09. The van der Waals surface area contributed by atoms with E-state index in [0.717, 1.165) is 0 Å². The van der Waals surface area contributed by atoms with Crippen LogP contribution in [0.3, 0.4) is 0 Å². The minimum atomic E-state index is -1.07. The van der Waals surface area contributed by atoms with Gasteiger partial charge in [0.2, 0.25) is 0 Å². The van der Waals surface area contributed by atoms with Crippen molar-refractivity contribution in [1.29, 1.82) is 0 Å². The van der Waals surface area contributed by atoms with Crippen LogP contribution in [0.2, 0.25) is 0 Å². The molecule has 0 saturated heterocycles. The topological polar surface area (TPSA) is 75.1 Å². The van der Waals surface area contributed by atoms with E-state index in [1.807, 2.05) is 13.8 Å². The molecular weight excluding hydrogens is 218 g/mol. The Morgan fingerprint density at radius 1 is 1.59 bits per heavy atom. The zero-order chi connectivity index (χ0) is 12.8. The molecule has 0 radical (unpaired) electrons. The van der Waals surface area contributed by atoms with Crippen molar-refractivity contribution in [2.45, 2.75) is 26.7 Å². The number of carboxylic acids is 1. The van der Waals surface area contributed by atoms with Crippen molar-refractivity contribution in [1.82, 2.24) is 9.97 Å². The van der Waals surface area contributed by atoms with Crippen LogP contribution in [0.15, 0.2) is 6.20 Å². The molecule has 17 heavy (non-hydrogen) atoms. The third-order valence-corrected chi connectivity index (χ3v) is 2.07. The van der Waals surface area contributed by atoms with Gasteiger partial charge in [-0.15, -0.1) is 5.92 Å². The Morgan fingerprint density at radius 2 is 2.29 bits per heavy atom. The molecule has 0 bridgehead atoms. The summed E-state index contributed by atoms with van der Waals surface area (Å²) < 4.78 is 0. The van der Waals surface area contributed by atoms with E-state index in [0.29, 0.717) is 18.1 Å². The van der Waals surface area contributed by atoms with E-state index in [9.17, 15) is 4.79 Å². The summed E-state index contributed by atoms with van der Waals surface area (Å²) in [6.07, 6.45) is 1.49. The van der Waals surface area contributed by atoms with E-state index in [1.165, 1.54) is 6.20 Å². The molecule has 0 saturated carbocycles. The zero-order valence-electron chi connectivity index (χ0n) is 10.1. The van der Waals surface area contributed by atoms with Gasteiger partial charge in [0.05, 0.1) is 18.4 Å². The predicted molar refractivity (Wildman–Crippen MR) is 65.0 cm³/mol. The first-order valence-electron chi connectivity index (χ1n) is 5.30. The smallest absolute Gasteiger partial charge is 0.356 e. The van der Waals surface area contributed by atoms with Crippen LogP contribution in [0, 0.1) is 11.8 Å². The first-order valence-corrected chi connectivity index (χ1v) is 5.30. The van der Waals surface area contributed by atoms with E-state index in [-0.39, 0.29) is 11.6 Å². The molecule has 5 nitrogen and oxygen atoms in total. The van der Waals surface area contributed by atoms with Crippen LogP contribution in [0.1, 0.15) is 43.0 Å². The molecule has 0 aliphatic carbocycles. The fourth-order valence-electron chi connectivity index (χ4n) is 1.19. The number of anilines is 1. The van der Waals surface area contributed by atoms with Crippen molar-refractivity contribution < 1.29 is 9.90 Å². The lowest BCUT2D eigenvalue weighted by molar-refractivity contribution is 0.0691. The predicted octanol–water partition coefficient (Wildman–Crippen LogP) is 1.73. The maximum absolute atomic E-state index is 11.1. The Labute approximate surface area is 100 Å². The van der Waals surface area contributed by atoms with Gasteiger partial charge in [-0.25, -0.2) is 14.8 Å². The van der Waals surface area contributed by atoms with E-state index in [1.54, 1.807) is 6.92 Å². The van der Waals surface area contributed by atoms with Crippen LogP contribution in [0.4, 0.5) is 5.69 Å². The monoisotopic (exact) mass is 233 g/mol. The molecule has 0 atom stereocenters. The molecule has 1 aromatic heterocycles. The maximum Gasteiger partial charge on any atom is 0.356 e. The molecule has 90 valence electrons. The number of carbonyl (C=O) groups is 1. The summed E-state index contributed by atoms with van der Waals surface area (Å²) in [7, 11) is 0. The number of hydrogen-bond acceptors (Lipinski definition) is 4. The van der Waals surface area contributed by atoms with Crippen molar-refractivity contribution in [3.63, 3.8) is 0 Å². The maximum atomic E-state index is 11.1. The summed E-state index contributed by atoms with van der Waals surface area (Å²) >= 11 is 0. The van der Waals surface area contributed by atoms with Gasteiger partial charge in [-0.2, -0.15) is 0 Å². The Morgan fingerprint density at radius 3 is 2.82 bits per heavy atom. The molecule has 5 heteroatoms. The van der Waals surface area contributed by atoms with Gasteiger partial charge in [-0.3, -0.25) is 0 Å². The highest BCUT2D eigenvalue weighted by atomic mass is 16.4. The number of rotatable bonds is 4. The highest BCUT2D eigenvalue weighted by molar-refractivity contribution is 5.91. The van der Waals surface area contributed by atoms with Gasteiger partial charge in [0, 0.05) is 5.92 Å². The van der Waals surface area contributed by atoms with Crippen LogP contribution in [0.5, 0.6) is 0 Å². The van der Waals surface area contributed by atoms with E-state index in [2.05, 4.69) is 27.1 Å². The van der Waals surface area contributed by atoms with Crippen LogP contribution >= 0.6 is 0 Å². The minimum absolute atomic E-state index is 0.0124. The second-order valence-electron chi connectivity index (χ2n) is 3.73. The third kappa shape index (κ3) is 3.45. The Balaban J connectivity index is 3.03. The fourth-order valence-corrected chi connectivity index (χ4v) is 1.19. The molecule has 0 spiro atoms. The molecule has 0 fully saturated rings. The van der Waals surface area contributed by atoms with Crippen molar-refractivity contribution in [3.05, 3.63) is 17.7 Å². The fraction of sp³-hybridized carbons (Fsp3) is 0.417. The first kappa shape index (κ1) is 13.0. The molecule has 1 heterocycles. The summed E-state index contributed by atoms with van der Waals surface area (Å²) in [6, 6.07) is 0. The highest BCUT2D eigenvalue weighted by Gasteiger charge is 2.14. The van der Waals surface area contributed by atoms with E-state index >= 15 is 0 Å². The molecule has 0 amide bonds. The molecule has 0 aliphatic rings. The van der Waals surface area contributed by atoms with Gasteiger partial charge in [0.15, 0.2) is 5.69 Å². The van der Waals surface area contributed by atoms with Gasteiger partial charge >= 0.3 is 5.97 Å². The third-order valence-electron chi connectivity index (χ3n) is 2.07. The average Bonchev–Trinajstić information content (AvgIpc) is 2.29. The first-order chi connectivity index (χ1) is 8.06. The van der Waals surface area contributed by atoms with Crippen molar-refractivity contribution >= 4 is 11.7 Å². The van der Waals surface area contributed by atoms with Crippen LogP contribution in [-0.2, 0) is 0 Å². The van der Waals surface area contributed by atoms with Crippen LogP contribution < -0.4 is 5.32 Å². The summed E-state index contributed by atoms with van der Waals surface area (Å²) in [5.41, 5.74) is 0.381. The SMILES string of the molecule is CC#CCNc1cnc(C(C)C)nc1C(=O)O. The van der Waals surface area contributed by atoms with E-state index < -0.39 is 5.97 Å². The number of nitrogens with zero attached hydrogens (tertiary/aromatic N) is 2. The lowest BCUT2D eigenvalue weighted by Crippen LogP contribution is -2.12. The van der Waals surface area contributed by atoms with Crippen molar-refractivity contribution in [3.8, 4) is 11.8 Å². The summed E-state index contributed by atoms with van der Waals surface area (Å²) in [5.74, 6) is 5.06. The molecular formula is C12H15N3O2. The molecule has 1 rings (SSSR count). The second-order valence-corrected chi connectivity index (χ2v) is 3.73. The number of nitrogens with one attached hydrogen (secondary N) is 1. The molecule has 2 N–H and O–H groups in total. The van der Waals surface area contributed by atoms with Crippen LogP contribution in [-0.4, -0.2) is 27.6 Å². The summed E-state index contributed by atoms with van der Waals surface area (Å²) in [6.45, 7) is 5.92. The molecule has 0 aromatic carbocycles.